The van der Waals surface area contributed by atoms with E-state index < -0.39 is 0 Å². The van der Waals surface area contributed by atoms with Crippen LogP contribution in [0.4, 0.5) is 0 Å². The van der Waals surface area contributed by atoms with Crippen LogP contribution >= 0.6 is 0 Å². The number of nitrogens with zero attached hydrogens (tertiary/aromatic N) is 2. The molecular weight excluding hydrogens is 246 g/mol. The van der Waals surface area contributed by atoms with Gasteiger partial charge in [0.1, 0.15) is 0 Å². The highest BCUT2D eigenvalue weighted by Crippen LogP contribution is 2.32. The molecule has 2 saturated heterocycles. The largest absolute Gasteiger partial charge is 0.313 e. The van der Waals surface area contributed by atoms with Gasteiger partial charge < -0.3 is 10.2 Å². The quantitative estimate of drug-likeness (QED) is 0.805. The van der Waals surface area contributed by atoms with E-state index >= 15 is 0 Å². The second kappa shape index (κ2) is 6.76. The number of hydrogen-bond acceptors (Lipinski definition) is 3. The Bertz CT molecular complexity index is 287. The molecule has 20 heavy (non-hydrogen) atoms. The maximum Gasteiger partial charge on any atom is 0.0195 e. The lowest BCUT2D eigenvalue weighted by Gasteiger charge is -2.41. The number of nitrogens with one attached hydrogen (secondary N) is 1. The van der Waals surface area contributed by atoms with Gasteiger partial charge in [-0.25, -0.2) is 0 Å². The molecule has 0 aromatic carbocycles. The van der Waals surface area contributed by atoms with Gasteiger partial charge in [-0.3, -0.25) is 4.90 Å². The first kappa shape index (κ1) is 14.8. The lowest BCUT2D eigenvalue weighted by molar-refractivity contribution is 0.0833. The summed E-state index contributed by atoms with van der Waals surface area (Å²) < 4.78 is 0. The molecule has 1 unspecified atom stereocenters. The molecule has 1 N–H and O–H groups in total. The summed E-state index contributed by atoms with van der Waals surface area (Å²) in [6.07, 6.45) is 8.52. The van der Waals surface area contributed by atoms with Crippen molar-refractivity contribution in [1.82, 2.24) is 15.1 Å². The Morgan fingerprint density at radius 3 is 2.35 bits per heavy atom. The van der Waals surface area contributed by atoms with Crippen LogP contribution in [0.25, 0.3) is 0 Å². The van der Waals surface area contributed by atoms with Gasteiger partial charge in [0.2, 0.25) is 0 Å². The summed E-state index contributed by atoms with van der Waals surface area (Å²) in [6.45, 7) is 11.2. The summed E-state index contributed by atoms with van der Waals surface area (Å²) in [6, 6.07) is 2.36. The fraction of sp³-hybridized carbons (Fsp3) is 1.00. The highest BCUT2D eigenvalue weighted by atomic mass is 15.2. The fourth-order valence-corrected chi connectivity index (χ4v) is 3.97. The van der Waals surface area contributed by atoms with Crippen LogP contribution in [-0.2, 0) is 0 Å². The van der Waals surface area contributed by atoms with E-state index in [2.05, 4.69) is 29.0 Å². The SMILES string of the molecule is CC(C)N1CCC(N(CC2CC2)CC2CCCN2)CC1. The van der Waals surface area contributed by atoms with Gasteiger partial charge in [-0.1, -0.05) is 0 Å². The van der Waals surface area contributed by atoms with Gasteiger partial charge in [-0.15, -0.1) is 0 Å². The van der Waals surface area contributed by atoms with Crippen LogP contribution in [0.2, 0.25) is 0 Å². The molecule has 0 radical (unpaired) electrons. The van der Waals surface area contributed by atoms with E-state index in [1.165, 1.54) is 71.2 Å². The van der Waals surface area contributed by atoms with Crippen LogP contribution in [0, 0.1) is 5.92 Å². The van der Waals surface area contributed by atoms with E-state index in [0.717, 1.165) is 24.0 Å². The minimum Gasteiger partial charge on any atom is -0.313 e. The second-order valence-electron chi connectivity index (χ2n) is 7.55. The zero-order valence-corrected chi connectivity index (χ0v) is 13.5. The van der Waals surface area contributed by atoms with Crippen LogP contribution in [0.1, 0.15) is 52.4 Å². The van der Waals surface area contributed by atoms with Crippen LogP contribution in [0.5, 0.6) is 0 Å². The smallest absolute Gasteiger partial charge is 0.0195 e. The van der Waals surface area contributed by atoms with E-state index in [1.54, 1.807) is 0 Å². The van der Waals surface area contributed by atoms with Crippen molar-refractivity contribution in [2.24, 2.45) is 5.92 Å². The molecule has 3 nitrogen and oxygen atoms in total. The number of hydrogen-bond donors (Lipinski definition) is 1. The first-order chi connectivity index (χ1) is 9.72. The Labute approximate surface area is 125 Å². The Morgan fingerprint density at radius 1 is 1.05 bits per heavy atom. The molecule has 3 heteroatoms. The predicted octanol–water partition coefficient (Wildman–Crippen LogP) is 2.32. The third-order valence-corrected chi connectivity index (χ3v) is 5.55. The number of rotatable bonds is 6. The van der Waals surface area contributed by atoms with Gasteiger partial charge in [0.15, 0.2) is 0 Å². The topological polar surface area (TPSA) is 18.5 Å². The molecule has 2 heterocycles. The molecule has 1 atom stereocenters. The van der Waals surface area contributed by atoms with E-state index in [9.17, 15) is 0 Å². The first-order valence-electron chi connectivity index (χ1n) is 8.94. The van der Waals surface area contributed by atoms with Gasteiger partial charge in [-0.2, -0.15) is 0 Å². The van der Waals surface area contributed by atoms with Crippen molar-refractivity contribution >= 4 is 0 Å². The molecule has 0 aromatic heterocycles. The zero-order chi connectivity index (χ0) is 13.9. The summed E-state index contributed by atoms with van der Waals surface area (Å²) in [5.74, 6) is 1.03. The average Bonchev–Trinajstić information content (AvgIpc) is 3.12. The molecule has 1 aliphatic carbocycles. The highest BCUT2D eigenvalue weighted by molar-refractivity contribution is 4.88. The van der Waals surface area contributed by atoms with E-state index in [0.29, 0.717) is 0 Å². The van der Waals surface area contributed by atoms with Crippen molar-refractivity contribution < 1.29 is 0 Å². The third kappa shape index (κ3) is 3.96. The Balaban J connectivity index is 1.51. The lowest BCUT2D eigenvalue weighted by atomic mass is 10.0. The van der Waals surface area contributed by atoms with E-state index in [4.69, 9.17) is 0 Å². The molecule has 116 valence electrons. The van der Waals surface area contributed by atoms with Gasteiger partial charge in [-0.05, 0) is 77.9 Å². The summed E-state index contributed by atoms with van der Waals surface area (Å²) in [5.41, 5.74) is 0. The Kier molecular flexibility index (Phi) is 5.00. The summed E-state index contributed by atoms with van der Waals surface area (Å²) in [7, 11) is 0. The molecule has 2 aliphatic heterocycles. The molecule has 3 rings (SSSR count). The minimum atomic E-state index is 0.726. The lowest BCUT2D eigenvalue weighted by Crippen LogP contribution is -2.50. The molecule has 3 fully saturated rings. The molecule has 0 aromatic rings. The molecule has 1 saturated carbocycles. The van der Waals surface area contributed by atoms with Crippen molar-refractivity contribution in [3.8, 4) is 0 Å². The van der Waals surface area contributed by atoms with Crippen molar-refractivity contribution in [3.63, 3.8) is 0 Å². The van der Waals surface area contributed by atoms with E-state index in [1.807, 2.05) is 0 Å². The third-order valence-electron chi connectivity index (χ3n) is 5.55. The van der Waals surface area contributed by atoms with Crippen molar-refractivity contribution in [3.05, 3.63) is 0 Å². The molecule has 3 aliphatic rings. The second-order valence-corrected chi connectivity index (χ2v) is 7.55. The number of likely N-dealkylation sites (tertiary alicyclic amines) is 1. The van der Waals surface area contributed by atoms with Gasteiger partial charge >= 0.3 is 0 Å². The first-order valence-corrected chi connectivity index (χ1v) is 8.94. The molecule has 0 amide bonds. The average molecular weight is 279 g/mol. The summed E-state index contributed by atoms with van der Waals surface area (Å²) in [4.78, 5) is 5.51. The maximum absolute atomic E-state index is 3.69. The Morgan fingerprint density at radius 2 is 1.80 bits per heavy atom. The fourth-order valence-electron chi connectivity index (χ4n) is 3.97. The van der Waals surface area contributed by atoms with Crippen LogP contribution in [0.3, 0.4) is 0 Å². The van der Waals surface area contributed by atoms with Gasteiger partial charge in [0, 0.05) is 31.2 Å². The molecular formula is C17H33N3. The molecule has 0 spiro atoms. The normalized spacial score (nSPS) is 29.7. The maximum atomic E-state index is 3.69. The van der Waals surface area contributed by atoms with Crippen LogP contribution in [-0.4, -0.2) is 60.6 Å². The Hall–Kier alpha value is -0.120. The predicted molar refractivity (Wildman–Crippen MR) is 85.1 cm³/mol. The van der Waals surface area contributed by atoms with Crippen LogP contribution in [0.15, 0.2) is 0 Å². The van der Waals surface area contributed by atoms with Crippen molar-refractivity contribution in [1.29, 1.82) is 0 Å². The van der Waals surface area contributed by atoms with Crippen molar-refractivity contribution in [2.75, 3.05) is 32.7 Å². The van der Waals surface area contributed by atoms with Crippen molar-refractivity contribution in [2.45, 2.75) is 70.5 Å². The summed E-state index contributed by atoms with van der Waals surface area (Å²) in [5, 5.41) is 3.69. The monoisotopic (exact) mass is 279 g/mol. The highest BCUT2D eigenvalue weighted by Gasteiger charge is 2.32. The minimum absolute atomic E-state index is 0.726. The van der Waals surface area contributed by atoms with Gasteiger partial charge in [0.05, 0.1) is 0 Å². The standard InChI is InChI=1S/C17H33N3/c1-14(2)19-10-7-17(8-11-19)20(12-15-5-6-15)13-16-4-3-9-18-16/h14-18H,3-13H2,1-2H3. The van der Waals surface area contributed by atoms with E-state index in [-0.39, 0.29) is 0 Å². The van der Waals surface area contributed by atoms with Gasteiger partial charge in [0.25, 0.3) is 0 Å². The zero-order valence-electron chi connectivity index (χ0n) is 13.5. The van der Waals surface area contributed by atoms with Crippen LogP contribution < -0.4 is 5.32 Å². The number of piperidine rings is 1. The molecule has 0 bridgehead atoms. The summed E-state index contributed by atoms with van der Waals surface area (Å²) >= 11 is 0.